The van der Waals surface area contributed by atoms with Gasteiger partial charge in [-0.15, -0.1) is 0 Å². The van der Waals surface area contributed by atoms with Gasteiger partial charge in [-0.3, -0.25) is 4.79 Å². The van der Waals surface area contributed by atoms with Crippen LogP contribution in [0.2, 0.25) is 0 Å². The lowest BCUT2D eigenvalue weighted by molar-refractivity contribution is -0.150. The van der Waals surface area contributed by atoms with E-state index in [2.05, 4.69) is 11.0 Å². The van der Waals surface area contributed by atoms with Crippen LogP contribution in [0, 0.1) is 5.41 Å². The molecular weight excluding hydrogens is 240 g/mol. The van der Waals surface area contributed by atoms with Crippen molar-refractivity contribution in [2.45, 2.75) is 26.7 Å². The number of benzene rings is 1. The molecule has 1 aromatic rings. The summed E-state index contributed by atoms with van der Waals surface area (Å²) < 4.78 is 4.88. The molecule has 4 heteroatoms. The summed E-state index contributed by atoms with van der Waals surface area (Å²) in [6.45, 7) is 5.44. The van der Waals surface area contributed by atoms with E-state index in [1.807, 2.05) is 26.0 Å². The minimum atomic E-state index is -0.520. The lowest BCUT2D eigenvalue weighted by atomic mass is 9.91. The Labute approximate surface area is 114 Å². The first-order chi connectivity index (χ1) is 8.94. The molecule has 1 aliphatic heterocycles. The Morgan fingerprint density at radius 1 is 1.47 bits per heavy atom. The lowest BCUT2D eigenvalue weighted by Crippen LogP contribution is -2.42. The van der Waals surface area contributed by atoms with Gasteiger partial charge in [-0.25, -0.2) is 0 Å². The van der Waals surface area contributed by atoms with Crippen molar-refractivity contribution in [3.8, 4) is 0 Å². The van der Waals surface area contributed by atoms with E-state index in [4.69, 9.17) is 10.5 Å². The molecule has 1 aromatic carbocycles. The van der Waals surface area contributed by atoms with E-state index in [9.17, 15) is 4.79 Å². The van der Waals surface area contributed by atoms with Crippen LogP contribution < -0.4 is 10.6 Å². The van der Waals surface area contributed by atoms with Crippen LogP contribution in [-0.4, -0.2) is 26.2 Å². The fourth-order valence-electron chi connectivity index (χ4n) is 2.65. The summed E-state index contributed by atoms with van der Waals surface area (Å²) in [4.78, 5) is 14.1. The van der Waals surface area contributed by atoms with E-state index < -0.39 is 5.41 Å². The molecule has 19 heavy (non-hydrogen) atoms. The molecule has 0 fully saturated rings. The van der Waals surface area contributed by atoms with E-state index >= 15 is 0 Å². The standard InChI is InChI=1S/C15H22N2O2/c1-15(2,14(18)19-3)10-17-8-4-5-11-6-7-12(16)9-13(11)17/h6-7,9H,4-5,8,10,16H2,1-3H3. The van der Waals surface area contributed by atoms with E-state index in [-0.39, 0.29) is 5.97 Å². The first-order valence-electron chi connectivity index (χ1n) is 6.66. The van der Waals surface area contributed by atoms with E-state index in [0.717, 1.165) is 30.8 Å². The highest BCUT2D eigenvalue weighted by Crippen LogP contribution is 2.32. The van der Waals surface area contributed by atoms with Gasteiger partial charge in [0.1, 0.15) is 0 Å². The molecule has 1 aliphatic rings. The molecule has 104 valence electrons. The zero-order chi connectivity index (χ0) is 14.0. The Kier molecular flexibility index (Phi) is 3.69. The van der Waals surface area contributed by atoms with E-state index in [1.54, 1.807) is 0 Å². The predicted octanol–water partition coefficient (Wildman–Crippen LogP) is 2.22. The number of esters is 1. The van der Waals surface area contributed by atoms with Gasteiger partial charge < -0.3 is 15.4 Å². The number of fused-ring (bicyclic) bond motifs is 1. The maximum absolute atomic E-state index is 11.8. The molecule has 0 saturated heterocycles. The highest BCUT2D eigenvalue weighted by Gasteiger charge is 2.32. The minimum Gasteiger partial charge on any atom is -0.469 e. The number of carbonyl (C=O) groups is 1. The van der Waals surface area contributed by atoms with Gasteiger partial charge in [0.15, 0.2) is 0 Å². The summed E-state index contributed by atoms with van der Waals surface area (Å²) in [6.07, 6.45) is 2.18. The third-order valence-electron chi connectivity index (χ3n) is 3.65. The number of anilines is 2. The second kappa shape index (κ2) is 5.11. The van der Waals surface area contributed by atoms with Crippen LogP contribution in [0.5, 0.6) is 0 Å². The topological polar surface area (TPSA) is 55.6 Å². The molecule has 0 aliphatic carbocycles. The Morgan fingerprint density at radius 2 is 2.21 bits per heavy atom. The molecule has 0 aromatic heterocycles. The first-order valence-corrected chi connectivity index (χ1v) is 6.66. The summed E-state index contributed by atoms with van der Waals surface area (Å²) in [5.41, 5.74) is 8.58. The van der Waals surface area contributed by atoms with Crippen LogP contribution in [0.25, 0.3) is 0 Å². The fraction of sp³-hybridized carbons (Fsp3) is 0.533. The van der Waals surface area contributed by atoms with E-state index in [0.29, 0.717) is 6.54 Å². The van der Waals surface area contributed by atoms with Gasteiger partial charge in [0.25, 0.3) is 0 Å². The van der Waals surface area contributed by atoms with Gasteiger partial charge in [-0.1, -0.05) is 6.07 Å². The Bertz CT molecular complexity index is 483. The summed E-state index contributed by atoms with van der Waals surface area (Å²) in [5.74, 6) is -0.177. The average Bonchev–Trinajstić information content (AvgIpc) is 2.38. The minimum absolute atomic E-state index is 0.177. The average molecular weight is 262 g/mol. The number of nitrogens with zero attached hydrogens (tertiary/aromatic N) is 1. The molecular formula is C15H22N2O2. The summed E-state index contributed by atoms with van der Waals surface area (Å²) in [7, 11) is 1.44. The smallest absolute Gasteiger partial charge is 0.313 e. The molecule has 0 unspecified atom stereocenters. The molecule has 4 nitrogen and oxygen atoms in total. The number of aryl methyl sites for hydroxylation is 1. The summed E-state index contributed by atoms with van der Waals surface area (Å²) in [5, 5.41) is 0. The van der Waals surface area contributed by atoms with Gasteiger partial charge in [-0.05, 0) is 44.4 Å². The van der Waals surface area contributed by atoms with Crippen molar-refractivity contribution in [1.82, 2.24) is 0 Å². The van der Waals surface area contributed by atoms with Gasteiger partial charge in [0, 0.05) is 24.5 Å². The first kappa shape index (κ1) is 13.7. The second-order valence-corrected chi connectivity index (χ2v) is 5.79. The molecule has 0 atom stereocenters. The van der Waals surface area contributed by atoms with Crippen molar-refractivity contribution in [3.63, 3.8) is 0 Å². The van der Waals surface area contributed by atoms with Gasteiger partial charge in [-0.2, -0.15) is 0 Å². The molecule has 1 heterocycles. The molecule has 2 rings (SSSR count). The molecule has 0 saturated carbocycles. The zero-order valence-electron chi connectivity index (χ0n) is 11.9. The number of hydrogen-bond donors (Lipinski definition) is 1. The normalized spacial score (nSPS) is 15.0. The van der Waals surface area contributed by atoms with Crippen molar-refractivity contribution in [2.24, 2.45) is 5.41 Å². The maximum Gasteiger partial charge on any atom is 0.313 e. The number of methoxy groups -OCH3 is 1. The Hall–Kier alpha value is -1.71. The Morgan fingerprint density at radius 3 is 2.89 bits per heavy atom. The molecule has 0 radical (unpaired) electrons. The summed E-state index contributed by atoms with van der Waals surface area (Å²) in [6, 6.07) is 6.03. The quantitative estimate of drug-likeness (QED) is 0.670. The van der Waals surface area contributed by atoms with Gasteiger partial charge in [0.2, 0.25) is 0 Å². The highest BCUT2D eigenvalue weighted by atomic mass is 16.5. The van der Waals surface area contributed by atoms with Gasteiger partial charge in [0.05, 0.1) is 12.5 Å². The number of rotatable bonds is 3. The van der Waals surface area contributed by atoms with Crippen LogP contribution in [0.3, 0.4) is 0 Å². The number of carbonyl (C=O) groups excluding carboxylic acids is 1. The molecule has 0 bridgehead atoms. The maximum atomic E-state index is 11.8. The fourth-order valence-corrected chi connectivity index (χ4v) is 2.65. The summed E-state index contributed by atoms with van der Waals surface area (Å²) >= 11 is 0. The van der Waals surface area contributed by atoms with Gasteiger partial charge >= 0.3 is 5.97 Å². The SMILES string of the molecule is COC(=O)C(C)(C)CN1CCCc2ccc(N)cc21. The monoisotopic (exact) mass is 262 g/mol. The van der Waals surface area contributed by atoms with Crippen LogP contribution in [0.1, 0.15) is 25.8 Å². The van der Waals surface area contributed by atoms with Crippen molar-refractivity contribution < 1.29 is 9.53 Å². The number of hydrogen-bond acceptors (Lipinski definition) is 4. The van der Waals surface area contributed by atoms with Crippen molar-refractivity contribution in [2.75, 3.05) is 30.8 Å². The van der Waals surface area contributed by atoms with Crippen LogP contribution in [0.4, 0.5) is 11.4 Å². The van der Waals surface area contributed by atoms with Crippen molar-refractivity contribution in [3.05, 3.63) is 23.8 Å². The molecule has 2 N–H and O–H groups in total. The number of ether oxygens (including phenoxy) is 1. The largest absolute Gasteiger partial charge is 0.469 e. The van der Waals surface area contributed by atoms with Crippen molar-refractivity contribution in [1.29, 1.82) is 0 Å². The third kappa shape index (κ3) is 2.83. The third-order valence-corrected chi connectivity index (χ3v) is 3.65. The van der Waals surface area contributed by atoms with E-state index in [1.165, 1.54) is 12.7 Å². The lowest BCUT2D eigenvalue weighted by Gasteiger charge is -2.36. The number of nitrogens with two attached hydrogens (primary N) is 1. The number of nitrogen functional groups attached to an aromatic ring is 1. The van der Waals surface area contributed by atoms with Crippen LogP contribution in [-0.2, 0) is 16.0 Å². The molecule has 0 amide bonds. The predicted molar refractivity (Wildman–Crippen MR) is 77.2 cm³/mol. The molecule has 0 spiro atoms. The zero-order valence-corrected chi connectivity index (χ0v) is 11.9. The van der Waals surface area contributed by atoms with Crippen molar-refractivity contribution >= 4 is 17.3 Å². The van der Waals surface area contributed by atoms with Crippen LogP contribution in [0.15, 0.2) is 18.2 Å². The van der Waals surface area contributed by atoms with Crippen LogP contribution >= 0.6 is 0 Å². The Balaban J connectivity index is 2.24. The second-order valence-electron chi connectivity index (χ2n) is 5.79. The highest BCUT2D eigenvalue weighted by molar-refractivity contribution is 5.77.